The minimum atomic E-state index is 1.06. The Morgan fingerprint density at radius 2 is 0.889 bits per heavy atom. The van der Waals surface area contributed by atoms with Gasteiger partial charge in [-0.25, -0.2) is 0 Å². The average molecular weight is 765 g/mol. The fraction of sp³-hybridized carbons (Fsp3) is 0.320. The van der Waals surface area contributed by atoms with Crippen molar-refractivity contribution in [1.29, 1.82) is 0 Å². The Bertz CT molecular complexity index is 1400. The monoisotopic (exact) mass is 765 g/mol. The summed E-state index contributed by atoms with van der Waals surface area (Å²) in [5.74, 6) is 1.06. The molecule has 0 spiro atoms. The van der Waals surface area contributed by atoms with Crippen LogP contribution in [0.4, 0.5) is 0 Å². The van der Waals surface area contributed by atoms with Crippen LogP contribution in [0.3, 0.4) is 0 Å². The molecule has 0 atom stereocenters. The lowest BCUT2D eigenvalue weighted by Crippen LogP contribution is -2.04. The van der Waals surface area contributed by atoms with Crippen molar-refractivity contribution >= 4 is 33.4 Å². The highest BCUT2D eigenvalue weighted by molar-refractivity contribution is 7.07. The first-order valence-corrected chi connectivity index (χ1v) is 21.7. The average Bonchev–Trinajstić information content (AvgIpc) is 4.07. The summed E-state index contributed by atoms with van der Waals surface area (Å²) in [4.78, 5) is 7.53. The molecule has 3 heterocycles. The zero-order valence-electron chi connectivity index (χ0n) is 35.4. The molecule has 0 aliphatic heterocycles. The maximum Gasteiger partial charge on any atom is 0.0791 e. The highest BCUT2D eigenvalue weighted by Crippen LogP contribution is 2.24. The van der Waals surface area contributed by atoms with Gasteiger partial charge in [0.05, 0.1) is 5.51 Å². The lowest BCUT2D eigenvalue weighted by molar-refractivity contribution is 0.346. The number of nitrogens with zero attached hydrogens (tertiary/aromatic N) is 2. The molecule has 1 fully saturated rings. The number of rotatable bonds is 1. The molecule has 4 aromatic carbocycles. The van der Waals surface area contributed by atoms with E-state index in [4.69, 9.17) is 0 Å². The third-order valence-corrected chi connectivity index (χ3v) is 7.73. The predicted octanol–water partition coefficient (Wildman–Crippen LogP) is 17.0. The van der Waals surface area contributed by atoms with E-state index in [0.29, 0.717) is 0 Å². The summed E-state index contributed by atoms with van der Waals surface area (Å²) in [6, 6.07) is 47.2. The molecule has 7 aromatic rings. The molecule has 3 aromatic heterocycles. The lowest BCUT2D eigenvalue weighted by atomic mass is 9.88. The summed E-state index contributed by atoms with van der Waals surface area (Å²) < 4.78 is 0. The number of aryl methyl sites for hydroxylation is 2. The van der Waals surface area contributed by atoms with E-state index in [-0.39, 0.29) is 0 Å². The molecule has 0 amide bonds. The van der Waals surface area contributed by atoms with Crippen LogP contribution in [0.1, 0.15) is 99.6 Å². The quantitative estimate of drug-likeness (QED) is 0.166. The first-order chi connectivity index (χ1) is 26.7. The number of fused-ring (bicyclic) bond motifs is 1. The Balaban J connectivity index is -0.000000551. The molecular weight excluding hydrogens is 693 g/mol. The molecule has 1 aliphatic rings. The fourth-order valence-electron chi connectivity index (χ4n) is 3.71. The van der Waals surface area contributed by atoms with Gasteiger partial charge in [-0.05, 0) is 58.5 Å². The van der Waals surface area contributed by atoms with Gasteiger partial charge in [0.1, 0.15) is 0 Å². The van der Waals surface area contributed by atoms with Crippen LogP contribution in [-0.2, 0) is 6.42 Å². The van der Waals surface area contributed by atoms with E-state index in [1.807, 2.05) is 126 Å². The largest absolute Gasteiger partial charge is 0.265 e. The molecule has 0 N–H and O–H groups in total. The Morgan fingerprint density at radius 1 is 0.481 bits per heavy atom. The van der Waals surface area contributed by atoms with Gasteiger partial charge in [-0.2, -0.15) is 11.3 Å². The number of thiazole rings is 1. The Labute approximate surface area is 340 Å². The van der Waals surface area contributed by atoms with Crippen molar-refractivity contribution in [1.82, 2.24) is 9.97 Å². The van der Waals surface area contributed by atoms with Crippen LogP contribution in [0.2, 0.25) is 0 Å². The lowest BCUT2D eigenvalue weighted by Gasteiger charge is -2.18. The SMILES string of the molecule is CC.CC.CC.CC.CC1CCC1.CCc1ccccc1.Cc1ccccc1.c1ccc2ccccc2c1.c1ccncc1.c1ccsc1.c1cscn1. The molecule has 8 rings (SSSR count). The Hall–Kier alpha value is -4.38. The maximum atomic E-state index is 3.78. The first-order valence-electron chi connectivity index (χ1n) is 19.8. The van der Waals surface area contributed by atoms with Crippen molar-refractivity contribution in [2.24, 2.45) is 5.92 Å². The Kier molecular flexibility index (Phi) is 46.6. The van der Waals surface area contributed by atoms with E-state index in [1.54, 1.807) is 46.8 Å². The smallest absolute Gasteiger partial charge is 0.0791 e. The second-order valence-electron chi connectivity index (χ2n) is 10.4. The van der Waals surface area contributed by atoms with E-state index in [9.17, 15) is 0 Å². The molecule has 0 bridgehead atoms. The van der Waals surface area contributed by atoms with Gasteiger partial charge < -0.3 is 0 Å². The number of benzene rings is 4. The first kappa shape index (κ1) is 54.0. The van der Waals surface area contributed by atoms with Crippen LogP contribution in [0.15, 0.2) is 180 Å². The number of aromatic nitrogens is 2. The van der Waals surface area contributed by atoms with Crippen molar-refractivity contribution in [2.75, 3.05) is 0 Å². The number of hydrogen-bond acceptors (Lipinski definition) is 4. The molecule has 0 unspecified atom stereocenters. The third-order valence-electron chi connectivity index (χ3n) is 6.58. The third kappa shape index (κ3) is 36.0. The Morgan fingerprint density at radius 3 is 1.07 bits per heavy atom. The van der Waals surface area contributed by atoms with Gasteiger partial charge in [0.15, 0.2) is 0 Å². The normalized spacial score (nSPS) is 9.54. The van der Waals surface area contributed by atoms with Crippen LogP contribution in [0.25, 0.3) is 10.8 Å². The van der Waals surface area contributed by atoms with E-state index in [1.165, 1.54) is 41.2 Å². The molecule has 294 valence electrons. The topological polar surface area (TPSA) is 25.8 Å². The summed E-state index contributed by atoms with van der Waals surface area (Å²) in [6.07, 6.45) is 10.9. The summed E-state index contributed by atoms with van der Waals surface area (Å²) in [6.45, 7) is 22.6. The van der Waals surface area contributed by atoms with Crippen molar-refractivity contribution in [3.05, 3.63) is 191 Å². The zero-order valence-corrected chi connectivity index (χ0v) is 37.1. The zero-order chi connectivity index (χ0) is 40.8. The highest BCUT2D eigenvalue weighted by atomic mass is 32.1. The van der Waals surface area contributed by atoms with Crippen LogP contribution < -0.4 is 0 Å². The van der Waals surface area contributed by atoms with Crippen LogP contribution in [0.5, 0.6) is 0 Å². The number of pyridine rings is 1. The summed E-state index contributed by atoms with van der Waals surface area (Å²) >= 11 is 3.31. The van der Waals surface area contributed by atoms with Crippen LogP contribution in [0, 0.1) is 12.8 Å². The molecule has 4 heteroatoms. The molecule has 0 radical (unpaired) electrons. The van der Waals surface area contributed by atoms with Crippen molar-refractivity contribution in [3.8, 4) is 0 Å². The molecule has 54 heavy (non-hydrogen) atoms. The van der Waals surface area contributed by atoms with Gasteiger partial charge >= 0.3 is 0 Å². The van der Waals surface area contributed by atoms with Crippen molar-refractivity contribution < 1.29 is 0 Å². The summed E-state index contributed by atoms with van der Waals surface area (Å²) in [5.41, 5.74) is 4.52. The van der Waals surface area contributed by atoms with Gasteiger partial charge in [0, 0.05) is 24.0 Å². The van der Waals surface area contributed by atoms with Gasteiger partial charge in [-0.15, -0.1) is 11.3 Å². The van der Waals surface area contributed by atoms with E-state index >= 15 is 0 Å². The number of hydrogen-bond donors (Lipinski definition) is 0. The molecule has 0 saturated heterocycles. The van der Waals surface area contributed by atoms with Crippen LogP contribution in [-0.4, -0.2) is 9.97 Å². The number of thiophene rings is 1. The van der Waals surface area contributed by atoms with Gasteiger partial charge in [0.2, 0.25) is 0 Å². The van der Waals surface area contributed by atoms with Gasteiger partial charge in [-0.1, -0.05) is 221 Å². The molecule has 1 aliphatic carbocycles. The van der Waals surface area contributed by atoms with Gasteiger partial charge in [-0.3, -0.25) is 9.97 Å². The van der Waals surface area contributed by atoms with Gasteiger partial charge in [0.25, 0.3) is 0 Å². The second-order valence-corrected chi connectivity index (χ2v) is 11.9. The standard InChI is InChI=1S/C10H8.C8H10.C7H8.C5H5N.C5H10.C4H4S.C3H3NS.4C2H6/c1-2-6-10-8-4-3-7-9(10)5-1;1-2-8-6-4-3-5-7-8;1-7-5-3-2-4-6-7;1-2-4-6-5-3-1;1-5-3-2-4-5;1-2-4-5-3-1;1-2-5-3-4-1;4*1-2/h1-8H;3-7H,2H2,1H3;2-6H,1H3;1-5H;5H,2-4H2,1H3;1-4H;1-3H;4*1-2H3. The minimum absolute atomic E-state index is 1.06. The van der Waals surface area contributed by atoms with Crippen molar-refractivity contribution in [2.45, 2.75) is 102 Å². The summed E-state index contributed by atoms with van der Waals surface area (Å²) in [7, 11) is 0. The molecule has 1 saturated carbocycles. The van der Waals surface area contributed by atoms with Crippen LogP contribution >= 0.6 is 22.7 Å². The molecule has 2 nitrogen and oxygen atoms in total. The van der Waals surface area contributed by atoms with E-state index in [0.717, 1.165) is 12.3 Å². The minimum Gasteiger partial charge on any atom is -0.265 e. The van der Waals surface area contributed by atoms with Crippen molar-refractivity contribution in [3.63, 3.8) is 0 Å². The summed E-state index contributed by atoms with van der Waals surface area (Å²) in [5, 5.41) is 8.63. The fourth-order valence-corrected chi connectivity index (χ4v) is 4.51. The van der Waals surface area contributed by atoms with E-state index in [2.05, 4.69) is 116 Å². The maximum absolute atomic E-state index is 3.78. The second kappa shape index (κ2) is 46.6. The molecular formula is C50H72N2S2. The highest BCUT2D eigenvalue weighted by Gasteiger charge is 2.09. The van der Waals surface area contributed by atoms with E-state index < -0.39 is 0 Å². The predicted molar refractivity (Wildman–Crippen MR) is 250 cm³/mol.